The standard InChI is InChI=1S/C3H3F2.5CO.Mn/c1-2-3(4)5;5*1-2;/h3H,1H2;;;;;;/q-1;;;;;;. The first-order valence-electron chi connectivity index (χ1n) is 2.10. The Balaban J connectivity index is -0.0000000130. The second-order valence-electron chi connectivity index (χ2n) is 0.505. The Bertz CT molecular complexity index is 148. The molecule has 0 saturated carbocycles. The van der Waals surface area contributed by atoms with E-state index in [0.29, 0.717) is 0 Å². The number of hydrogen-bond donors (Lipinski definition) is 0. The van der Waals surface area contributed by atoms with Crippen LogP contribution in [0.3, 0.4) is 0 Å². The second kappa shape index (κ2) is 286. The topological polar surface area (TPSA) is 99.5 Å². The Morgan fingerprint density at radius 2 is 0.812 bits per heavy atom. The normalized spacial score (nSPS) is 3.31. The summed E-state index contributed by atoms with van der Waals surface area (Å²) in [6, 6.07) is 0. The monoisotopic (exact) mass is 272 g/mol. The molecule has 8 heteroatoms. The van der Waals surface area contributed by atoms with Crippen LogP contribution in [-0.4, -0.2) is 6.43 Å². The Kier molecular flexibility index (Phi) is 826. The van der Waals surface area contributed by atoms with Crippen molar-refractivity contribution in [3.05, 3.63) is 45.9 Å². The van der Waals surface area contributed by atoms with Crippen LogP contribution in [0.4, 0.5) is 8.78 Å². The Morgan fingerprint density at radius 3 is 0.812 bits per heavy atom. The SMILES string of the molecule is C=[C-]C(F)F.[C-]#[O+].[C-]#[O+].[C-]#[O+].[C-]#[O+].[C-]#[O+].[Mn]. The van der Waals surface area contributed by atoms with Gasteiger partial charge in [-0.2, -0.15) is 0 Å². The van der Waals surface area contributed by atoms with E-state index in [1.807, 2.05) is 0 Å². The van der Waals surface area contributed by atoms with Gasteiger partial charge in [0.15, 0.2) is 0 Å². The van der Waals surface area contributed by atoms with Crippen molar-refractivity contribution in [1.29, 1.82) is 0 Å². The molecule has 0 aliphatic heterocycles. The van der Waals surface area contributed by atoms with Gasteiger partial charge in [-0.15, -0.1) is 0 Å². The number of halogens is 2. The molecule has 1 radical (unpaired) electrons. The molecule has 0 aliphatic carbocycles. The van der Waals surface area contributed by atoms with E-state index in [4.69, 9.17) is 23.3 Å². The molecular weight excluding hydrogens is 269 g/mol. The first kappa shape index (κ1) is 46.3. The summed E-state index contributed by atoms with van der Waals surface area (Å²) >= 11 is 0. The van der Waals surface area contributed by atoms with E-state index in [1.54, 1.807) is 0 Å². The van der Waals surface area contributed by atoms with Gasteiger partial charge in [0.25, 0.3) is 0 Å². The van der Waals surface area contributed by atoms with Crippen LogP contribution >= 0.6 is 0 Å². The molecule has 0 saturated heterocycles. The third kappa shape index (κ3) is 2670. The van der Waals surface area contributed by atoms with Crippen molar-refractivity contribution in [2.45, 2.75) is 6.43 Å². The van der Waals surface area contributed by atoms with Gasteiger partial charge in [0.2, 0.25) is 0 Å². The largest absolute Gasteiger partial charge is 0 e. The van der Waals surface area contributed by atoms with Crippen LogP contribution in [0.1, 0.15) is 0 Å². The molecule has 16 heavy (non-hydrogen) atoms. The Hall–Kier alpha value is -1.18. The van der Waals surface area contributed by atoms with Gasteiger partial charge in [-0.25, -0.2) is 8.78 Å². The maximum atomic E-state index is 10.6. The van der Waals surface area contributed by atoms with Crippen LogP contribution < -0.4 is 0 Å². The predicted octanol–water partition coefficient (Wildman–Crippen LogP) is 1.05. The molecule has 0 unspecified atom stereocenters. The Labute approximate surface area is 102 Å². The predicted molar refractivity (Wildman–Crippen MR) is 34.5 cm³/mol. The van der Waals surface area contributed by atoms with Gasteiger partial charge in [-0.3, -0.25) is 6.58 Å². The van der Waals surface area contributed by atoms with Gasteiger partial charge in [0.1, 0.15) is 6.43 Å². The van der Waals surface area contributed by atoms with E-state index in [1.165, 1.54) is 6.08 Å². The van der Waals surface area contributed by atoms with Crippen LogP contribution in [0.5, 0.6) is 0 Å². The fourth-order valence-corrected chi connectivity index (χ4v) is 0. The van der Waals surface area contributed by atoms with Crippen molar-refractivity contribution in [2.75, 3.05) is 0 Å². The van der Waals surface area contributed by atoms with E-state index < -0.39 is 6.43 Å². The molecule has 0 spiro atoms. The fraction of sp³-hybridized carbons (Fsp3) is 0.125. The Morgan fingerprint density at radius 1 is 0.750 bits per heavy atom. The quantitative estimate of drug-likeness (QED) is 0.387. The van der Waals surface area contributed by atoms with Crippen LogP contribution in [0.2, 0.25) is 0 Å². The summed E-state index contributed by atoms with van der Waals surface area (Å²) in [5, 5.41) is 0. The summed E-state index contributed by atoms with van der Waals surface area (Å²) in [7, 11) is 0. The molecule has 0 aromatic rings. The average Bonchev–Trinajstić information content (AvgIpc) is 2.41. The van der Waals surface area contributed by atoms with Crippen molar-refractivity contribution in [3.63, 3.8) is 0 Å². The van der Waals surface area contributed by atoms with Gasteiger partial charge in [-0.05, 0) is 0 Å². The number of hydrogen-bond acceptors (Lipinski definition) is 0. The van der Waals surface area contributed by atoms with Gasteiger partial charge in [0.05, 0.1) is 0 Å². The number of alkyl halides is 2. The first-order chi connectivity index (χ1) is 7.27. The summed E-state index contributed by atoms with van der Waals surface area (Å²) in [4.78, 5) is 0. The van der Waals surface area contributed by atoms with Crippen molar-refractivity contribution >= 4 is 0 Å². The summed E-state index contributed by atoms with van der Waals surface area (Å²) < 4.78 is 58.7. The minimum atomic E-state index is -2.48. The van der Waals surface area contributed by atoms with Gasteiger partial charge < -0.3 is 6.08 Å². The minimum Gasteiger partial charge on any atom is 0 e. The fourth-order valence-electron chi connectivity index (χ4n) is 0. The van der Waals surface area contributed by atoms with Crippen molar-refractivity contribution in [3.8, 4) is 0 Å². The van der Waals surface area contributed by atoms with E-state index in [9.17, 15) is 8.78 Å². The molecule has 0 fully saturated rings. The molecule has 0 atom stereocenters. The van der Waals surface area contributed by atoms with Crippen molar-refractivity contribution in [2.24, 2.45) is 0 Å². The van der Waals surface area contributed by atoms with Crippen LogP contribution in [0.15, 0.2) is 6.58 Å². The number of allylic oxidation sites excluding steroid dienone is 1. The van der Waals surface area contributed by atoms with E-state index in [2.05, 4.69) is 39.8 Å². The van der Waals surface area contributed by atoms with Gasteiger partial charge in [0, 0.05) is 17.1 Å². The first-order valence-corrected chi connectivity index (χ1v) is 2.10. The average molecular weight is 272 g/mol. The molecule has 87 valence electrons. The second-order valence-corrected chi connectivity index (χ2v) is 0.505. The van der Waals surface area contributed by atoms with Crippen molar-refractivity contribution in [1.82, 2.24) is 0 Å². The van der Waals surface area contributed by atoms with Crippen LogP contribution in [-0.2, 0) is 40.3 Å². The molecule has 0 aromatic carbocycles. The third-order valence-electron chi connectivity index (χ3n) is 0.154. The molecule has 0 aliphatic rings. The minimum absolute atomic E-state index is 0. The molecule has 0 heterocycles. The third-order valence-corrected chi connectivity index (χ3v) is 0.154. The zero-order valence-corrected chi connectivity index (χ0v) is 8.64. The molecule has 0 amide bonds. The van der Waals surface area contributed by atoms with E-state index in [0.717, 1.165) is 0 Å². The molecular formula is C8H3F2MnO5-. The van der Waals surface area contributed by atoms with Crippen molar-refractivity contribution < 1.29 is 49.1 Å². The summed E-state index contributed by atoms with van der Waals surface area (Å²) in [6.45, 7) is 25.2. The van der Waals surface area contributed by atoms with Crippen LogP contribution in [0.25, 0.3) is 0 Å². The summed E-state index contributed by atoms with van der Waals surface area (Å²) in [5.74, 6) is 0. The smallest absolute Gasteiger partial charge is 0 e. The molecule has 5 nitrogen and oxygen atoms in total. The van der Waals surface area contributed by atoms with Gasteiger partial charge >= 0.3 is 56.5 Å². The maximum Gasteiger partial charge on any atom is 0 e. The van der Waals surface area contributed by atoms with E-state index >= 15 is 0 Å². The summed E-state index contributed by atoms with van der Waals surface area (Å²) in [6.07, 6.45) is -1.03. The summed E-state index contributed by atoms with van der Waals surface area (Å²) in [5.41, 5.74) is 0. The maximum absolute atomic E-state index is 10.6. The zero-order valence-electron chi connectivity index (χ0n) is 7.46. The van der Waals surface area contributed by atoms with Crippen LogP contribution in [0, 0.1) is 39.3 Å². The van der Waals surface area contributed by atoms with E-state index in [-0.39, 0.29) is 17.1 Å². The zero-order chi connectivity index (χ0) is 14.3. The number of rotatable bonds is 1. The molecule has 0 bridgehead atoms. The molecule has 0 N–H and O–H groups in total. The molecule has 0 aromatic heterocycles. The molecule has 0 rings (SSSR count). The van der Waals surface area contributed by atoms with Gasteiger partial charge in [-0.1, -0.05) is 0 Å².